The molecule has 2 aliphatic heterocycles. The van der Waals surface area contributed by atoms with Crippen LogP contribution in [0, 0.1) is 17.1 Å². The van der Waals surface area contributed by atoms with Crippen molar-refractivity contribution in [2.24, 2.45) is 5.73 Å². The Bertz CT molecular complexity index is 1460. The molecule has 7 nitrogen and oxygen atoms in total. The second-order valence-electron chi connectivity index (χ2n) is 7.56. The largest absolute Gasteiger partial charge is 0.439 e. The summed E-state index contributed by atoms with van der Waals surface area (Å²) in [4.78, 5) is 4.02. The van der Waals surface area contributed by atoms with Crippen molar-refractivity contribution >= 4 is 21.5 Å². The first kappa shape index (κ1) is 20.7. The normalized spacial score (nSPS) is 18.8. The van der Waals surface area contributed by atoms with Gasteiger partial charge in [0.1, 0.15) is 22.4 Å². The number of halogens is 1. The molecule has 2 aromatic carbocycles. The Hall–Kier alpha value is -4.16. The Balaban J connectivity index is 1.75. The lowest BCUT2D eigenvalue weighted by Crippen LogP contribution is -2.39. The third kappa shape index (κ3) is 3.32. The van der Waals surface area contributed by atoms with E-state index in [1.165, 1.54) is 34.8 Å². The van der Waals surface area contributed by atoms with Gasteiger partial charge in [-0.1, -0.05) is 30.3 Å². The first-order chi connectivity index (χ1) is 15.9. The number of allylic oxidation sites excluding steroid dienone is 2. The number of benzene rings is 2. The molecule has 0 radical (unpaired) electrons. The summed E-state index contributed by atoms with van der Waals surface area (Å²) in [5.74, 6) is -1.46. The summed E-state index contributed by atoms with van der Waals surface area (Å²) in [5.41, 5.74) is 8.10. The van der Waals surface area contributed by atoms with E-state index in [1.54, 1.807) is 42.6 Å². The van der Waals surface area contributed by atoms with Crippen LogP contribution in [0.5, 0.6) is 0 Å². The minimum Gasteiger partial charge on any atom is -0.439 e. The molecule has 2 N–H and O–H groups in total. The molecule has 164 valence electrons. The van der Waals surface area contributed by atoms with Gasteiger partial charge < -0.3 is 10.5 Å². The Morgan fingerprint density at radius 1 is 1.12 bits per heavy atom. The summed E-state index contributed by atoms with van der Waals surface area (Å²) in [5, 5.41) is 9.82. The van der Waals surface area contributed by atoms with Crippen molar-refractivity contribution in [2.75, 3.05) is 4.31 Å². The Labute approximate surface area is 189 Å². The maximum Gasteiger partial charge on any atom is 0.265 e. The predicted molar refractivity (Wildman–Crippen MR) is 120 cm³/mol. The summed E-state index contributed by atoms with van der Waals surface area (Å²) < 4.78 is 48.5. The highest BCUT2D eigenvalue weighted by molar-refractivity contribution is 7.96. The van der Waals surface area contributed by atoms with Gasteiger partial charge in [0.05, 0.1) is 18.2 Å². The van der Waals surface area contributed by atoms with Crippen molar-refractivity contribution in [3.8, 4) is 6.07 Å². The zero-order valence-corrected chi connectivity index (χ0v) is 18.0. The molecule has 0 spiro atoms. The molecule has 3 heterocycles. The maximum atomic E-state index is 14.1. The van der Waals surface area contributed by atoms with Crippen LogP contribution in [-0.2, 0) is 21.3 Å². The van der Waals surface area contributed by atoms with Crippen LogP contribution in [0.3, 0.4) is 0 Å². The van der Waals surface area contributed by atoms with Gasteiger partial charge in [-0.05, 0) is 41.5 Å². The SMILES string of the molecule is N#CC1=C(N)OC2=C([C@H]1c1cccnc1)S(=O)(=O)N(Cc1ccc(F)cc1)c1ccccc12. The van der Waals surface area contributed by atoms with Crippen molar-refractivity contribution < 1.29 is 17.5 Å². The molecule has 0 saturated carbocycles. The zero-order valence-electron chi connectivity index (χ0n) is 17.1. The molecule has 0 aliphatic carbocycles. The predicted octanol–water partition coefficient (Wildman–Crippen LogP) is 3.75. The van der Waals surface area contributed by atoms with Crippen LogP contribution >= 0.6 is 0 Å². The molecular weight excluding hydrogens is 443 g/mol. The highest BCUT2D eigenvalue weighted by atomic mass is 32.2. The second-order valence-corrected chi connectivity index (χ2v) is 9.39. The average Bonchev–Trinajstić information content (AvgIpc) is 2.82. The number of nitrogens with zero attached hydrogens (tertiary/aromatic N) is 3. The van der Waals surface area contributed by atoms with Gasteiger partial charge in [0, 0.05) is 18.0 Å². The van der Waals surface area contributed by atoms with Crippen LogP contribution in [0.25, 0.3) is 5.76 Å². The maximum absolute atomic E-state index is 14.1. The van der Waals surface area contributed by atoms with Gasteiger partial charge in [-0.25, -0.2) is 12.8 Å². The van der Waals surface area contributed by atoms with Crippen LogP contribution < -0.4 is 10.0 Å². The lowest BCUT2D eigenvalue weighted by molar-refractivity contribution is 0.357. The third-order valence-corrected chi connectivity index (χ3v) is 7.50. The summed E-state index contributed by atoms with van der Waals surface area (Å²) in [6, 6.07) is 17.9. The van der Waals surface area contributed by atoms with Gasteiger partial charge in [-0.2, -0.15) is 5.26 Å². The molecule has 1 aromatic heterocycles. The summed E-state index contributed by atoms with van der Waals surface area (Å²) >= 11 is 0. The minimum absolute atomic E-state index is 0.00793. The van der Waals surface area contributed by atoms with Crippen LogP contribution in [0.15, 0.2) is 89.4 Å². The quantitative estimate of drug-likeness (QED) is 0.638. The van der Waals surface area contributed by atoms with E-state index in [-0.39, 0.29) is 28.7 Å². The standard InChI is InChI=1S/C24H17FN4O3S/c25-17-9-7-15(8-10-17)14-29-20-6-2-1-5-18(20)22-23(33(29,30)31)21(16-4-3-11-28-13-16)19(12-26)24(27)32-22/h1-11,13,21H,14,27H2/t21-/m0/s1. The van der Waals surface area contributed by atoms with E-state index in [0.717, 1.165) is 0 Å². The smallest absolute Gasteiger partial charge is 0.265 e. The highest BCUT2D eigenvalue weighted by Gasteiger charge is 2.47. The minimum atomic E-state index is -4.18. The van der Waals surface area contributed by atoms with Crippen LogP contribution in [0.1, 0.15) is 22.6 Å². The van der Waals surface area contributed by atoms with E-state index in [2.05, 4.69) is 4.98 Å². The summed E-state index contributed by atoms with van der Waals surface area (Å²) in [6.07, 6.45) is 3.06. The molecule has 1 atom stereocenters. The highest BCUT2D eigenvalue weighted by Crippen LogP contribution is 2.51. The Morgan fingerprint density at radius 2 is 1.88 bits per heavy atom. The number of nitrogens with two attached hydrogens (primary N) is 1. The third-order valence-electron chi connectivity index (χ3n) is 5.62. The van der Waals surface area contributed by atoms with Gasteiger partial charge in [0.2, 0.25) is 5.88 Å². The number of nitriles is 1. The molecule has 0 unspecified atom stereocenters. The molecule has 0 fully saturated rings. The number of fused-ring (bicyclic) bond motifs is 2. The first-order valence-electron chi connectivity index (χ1n) is 10.00. The van der Waals surface area contributed by atoms with Gasteiger partial charge >= 0.3 is 0 Å². The molecule has 0 amide bonds. The van der Waals surface area contributed by atoms with E-state index in [0.29, 0.717) is 22.4 Å². The number of para-hydroxylation sites is 1. The van der Waals surface area contributed by atoms with Crippen LogP contribution in [-0.4, -0.2) is 13.4 Å². The fourth-order valence-electron chi connectivity index (χ4n) is 4.11. The fraction of sp³-hybridized carbons (Fsp3) is 0.0833. The van der Waals surface area contributed by atoms with Gasteiger partial charge in [0.15, 0.2) is 5.76 Å². The molecule has 9 heteroatoms. The van der Waals surface area contributed by atoms with Gasteiger partial charge in [0.25, 0.3) is 10.0 Å². The molecule has 5 rings (SSSR count). The molecule has 2 aliphatic rings. The van der Waals surface area contributed by atoms with Crippen molar-refractivity contribution in [1.29, 1.82) is 5.26 Å². The fourth-order valence-corrected chi connectivity index (χ4v) is 6.03. The van der Waals surface area contributed by atoms with Crippen LogP contribution in [0.4, 0.5) is 10.1 Å². The molecule has 0 bridgehead atoms. The number of hydrogen-bond acceptors (Lipinski definition) is 6. The number of hydrogen-bond donors (Lipinski definition) is 1. The molecule has 0 saturated heterocycles. The number of pyridine rings is 1. The lowest BCUT2D eigenvalue weighted by atomic mass is 9.89. The topological polar surface area (TPSA) is 109 Å². The molecule has 3 aromatic rings. The average molecular weight is 460 g/mol. The van der Waals surface area contributed by atoms with E-state index >= 15 is 0 Å². The van der Waals surface area contributed by atoms with Gasteiger partial charge in [-0.3, -0.25) is 9.29 Å². The van der Waals surface area contributed by atoms with Crippen molar-refractivity contribution in [3.63, 3.8) is 0 Å². The number of sulfonamides is 1. The van der Waals surface area contributed by atoms with E-state index in [1.807, 2.05) is 6.07 Å². The number of aromatic nitrogens is 1. The van der Waals surface area contributed by atoms with Crippen LogP contribution in [0.2, 0.25) is 0 Å². The first-order valence-corrected chi connectivity index (χ1v) is 11.4. The number of anilines is 1. The van der Waals surface area contributed by atoms with E-state index in [9.17, 15) is 18.1 Å². The zero-order chi connectivity index (χ0) is 23.2. The van der Waals surface area contributed by atoms with E-state index < -0.39 is 21.8 Å². The summed E-state index contributed by atoms with van der Waals surface area (Å²) in [7, 11) is -4.18. The summed E-state index contributed by atoms with van der Waals surface area (Å²) in [6.45, 7) is -0.0305. The van der Waals surface area contributed by atoms with E-state index in [4.69, 9.17) is 10.5 Å². The molecule has 33 heavy (non-hydrogen) atoms. The van der Waals surface area contributed by atoms with Gasteiger partial charge in [-0.15, -0.1) is 0 Å². The lowest BCUT2D eigenvalue weighted by Gasteiger charge is -2.38. The number of ether oxygens (including phenoxy) is 1. The Morgan fingerprint density at radius 3 is 2.58 bits per heavy atom. The number of rotatable bonds is 3. The molecular formula is C24H17FN4O3S. The van der Waals surface area contributed by atoms with Crippen molar-refractivity contribution in [1.82, 2.24) is 4.98 Å². The monoisotopic (exact) mass is 460 g/mol. The Kier molecular flexibility index (Phi) is 4.87. The van der Waals surface area contributed by atoms with Crippen molar-refractivity contribution in [3.05, 3.63) is 112 Å². The second kappa shape index (κ2) is 7.76. The van der Waals surface area contributed by atoms with Crippen molar-refractivity contribution in [2.45, 2.75) is 12.5 Å².